The highest BCUT2D eigenvalue weighted by atomic mass is 19.1. The average Bonchev–Trinajstić information content (AvgIpc) is 2.62. The lowest BCUT2D eigenvalue weighted by molar-refractivity contribution is 0.135. The van der Waals surface area contributed by atoms with E-state index in [1.807, 2.05) is 12.1 Å². The lowest BCUT2D eigenvalue weighted by Crippen LogP contribution is -2.51. The highest BCUT2D eigenvalue weighted by Crippen LogP contribution is 2.09. The molecule has 1 aromatic carbocycles. The molecule has 2 heterocycles. The molecule has 1 aliphatic rings. The van der Waals surface area contributed by atoms with E-state index in [0.29, 0.717) is 18.7 Å². The quantitative estimate of drug-likeness (QED) is 0.936. The molecule has 1 N–H and O–H groups in total. The van der Waals surface area contributed by atoms with Crippen molar-refractivity contribution in [3.8, 4) is 0 Å². The summed E-state index contributed by atoms with van der Waals surface area (Å²) in [4.78, 5) is 20.3. The second kappa shape index (κ2) is 7.88. The summed E-state index contributed by atoms with van der Waals surface area (Å²) in [5.74, 6) is -0.292. The summed E-state index contributed by atoms with van der Waals surface area (Å²) in [6.07, 6.45) is 3.59. The number of benzene rings is 1. The molecule has 1 saturated heterocycles. The second-order valence-corrected chi connectivity index (χ2v) is 5.87. The Bertz CT molecular complexity index is 672. The van der Waals surface area contributed by atoms with E-state index in [4.69, 9.17) is 0 Å². The van der Waals surface area contributed by atoms with Crippen LogP contribution in [0.15, 0.2) is 48.8 Å². The molecule has 0 spiro atoms. The van der Waals surface area contributed by atoms with Gasteiger partial charge in [0, 0.05) is 57.2 Å². The molecule has 1 fully saturated rings. The first kappa shape index (κ1) is 16.4. The minimum Gasteiger partial charge on any atom is -0.334 e. The Morgan fingerprint density at radius 3 is 2.50 bits per heavy atom. The average molecular weight is 328 g/mol. The van der Waals surface area contributed by atoms with Crippen LogP contribution < -0.4 is 5.32 Å². The fourth-order valence-electron chi connectivity index (χ4n) is 2.78. The predicted octanol–water partition coefficient (Wildman–Crippen LogP) is 2.25. The van der Waals surface area contributed by atoms with E-state index in [0.717, 1.165) is 19.6 Å². The van der Waals surface area contributed by atoms with Crippen molar-refractivity contribution in [1.82, 2.24) is 20.1 Å². The fourth-order valence-corrected chi connectivity index (χ4v) is 2.78. The SMILES string of the molecule is O=C(NCc1ccccc1F)N1CCN(Cc2ccncc2)CC1. The summed E-state index contributed by atoms with van der Waals surface area (Å²) in [6.45, 7) is 4.09. The molecule has 1 aliphatic heterocycles. The maximum absolute atomic E-state index is 13.6. The van der Waals surface area contributed by atoms with E-state index in [1.54, 1.807) is 35.5 Å². The maximum Gasteiger partial charge on any atom is 0.317 e. The highest BCUT2D eigenvalue weighted by Gasteiger charge is 2.21. The second-order valence-electron chi connectivity index (χ2n) is 5.87. The number of hydrogen-bond acceptors (Lipinski definition) is 3. The van der Waals surface area contributed by atoms with Crippen molar-refractivity contribution < 1.29 is 9.18 Å². The van der Waals surface area contributed by atoms with Crippen LogP contribution in [0, 0.1) is 5.82 Å². The van der Waals surface area contributed by atoms with Gasteiger partial charge in [-0.1, -0.05) is 18.2 Å². The van der Waals surface area contributed by atoms with E-state index in [-0.39, 0.29) is 18.4 Å². The molecule has 126 valence electrons. The largest absolute Gasteiger partial charge is 0.334 e. The fraction of sp³-hybridized carbons (Fsp3) is 0.333. The van der Waals surface area contributed by atoms with Crippen molar-refractivity contribution in [2.45, 2.75) is 13.1 Å². The van der Waals surface area contributed by atoms with Gasteiger partial charge in [0.1, 0.15) is 5.82 Å². The van der Waals surface area contributed by atoms with Gasteiger partial charge in [-0.3, -0.25) is 9.88 Å². The Morgan fingerprint density at radius 2 is 1.79 bits per heavy atom. The Hall–Kier alpha value is -2.47. The number of urea groups is 1. The monoisotopic (exact) mass is 328 g/mol. The Labute approximate surface area is 141 Å². The van der Waals surface area contributed by atoms with Crippen molar-refractivity contribution in [3.63, 3.8) is 0 Å². The number of aromatic nitrogens is 1. The van der Waals surface area contributed by atoms with Gasteiger partial charge in [-0.05, 0) is 23.8 Å². The summed E-state index contributed by atoms with van der Waals surface area (Å²) in [5, 5.41) is 2.79. The summed E-state index contributed by atoms with van der Waals surface area (Å²) >= 11 is 0. The molecule has 2 amide bonds. The third-order valence-electron chi connectivity index (χ3n) is 4.20. The molecule has 6 heteroatoms. The smallest absolute Gasteiger partial charge is 0.317 e. The molecule has 2 aromatic rings. The molecule has 0 atom stereocenters. The van der Waals surface area contributed by atoms with E-state index in [1.165, 1.54) is 11.6 Å². The van der Waals surface area contributed by atoms with Gasteiger partial charge < -0.3 is 10.2 Å². The molecule has 1 aromatic heterocycles. The van der Waals surface area contributed by atoms with Crippen LogP contribution in [-0.2, 0) is 13.1 Å². The van der Waals surface area contributed by atoms with E-state index >= 15 is 0 Å². The number of rotatable bonds is 4. The van der Waals surface area contributed by atoms with Crippen molar-refractivity contribution in [3.05, 3.63) is 65.7 Å². The van der Waals surface area contributed by atoms with Crippen LogP contribution in [0.1, 0.15) is 11.1 Å². The topological polar surface area (TPSA) is 48.5 Å². The molecule has 0 bridgehead atoms. The number of halogens is 1. The highest BCUT2D eigenvalue weighted by molar-refractivity contribution is 5.74. The van der Waals surface area contributed by atoms with E-state index < -0.39 is 0 Å². The van der Waals surface area contributed by atoms with Crippen LogP contribution in [0.5, 0.6) is 0 Å². The Morgan fingerprint density at radius 1 is 1.08 bits per heavy atom. The molecule has 0 unspecified atom stereocenters. The van der Waals surface area contributed by atoms with Gasteiger partial charge in [-0.15, -0.1) is 0 Å². The standard InChI is InChI=1S/C18H21FN4O/c19-17-4-2-1-3-16(17)13-21-18(24)23-11-9-22(10-12-23)14-15-5-7-20-8-6-15/h1-8H,9-14H2,(H,21,24). The maximum atomic E-state index is 13.6. The van der Waals surface area contributed by atoms with Crippen LogP contribution in [0.2, 0.25) is 0 Å². The van der Waals surface area contributed by atoms with Gasteiger partial charge in [0.2, 0.25) is 0 Å². The Kier molecular flexibility index (Phi) is 5.38. The van der Waals surface area contributed by atoms with Crippen LogP contribution in [0.25, 0.3) is 0 Å². The van der Waals surface area contributed by atoms with Gasteiger partial charge >= 0.3 is 6.03 Å². The molecule has 0 aliphatic carbocycles. The molecule has 0 saturated carbocycles. The molecular formula is C18H21FN4O. The molecule has 24 heavy (non-hydrogen) atoms. The molecule has 0 radical (unpaired) electrons. The summed E-state index contributed by atoms with van der Waals surface area (Å²) in [6, 6.07) is 10.4. The van der Waals surface area contributed by atoms with Crippen LogP contribution in [0.3, 0.4) is 0 Å². The van der Waals surface area contributed by atoms with Crippen molar-refractivity contribution in [2.24, 2.45) is 0 Å². The lowest BCUT2D eigenvalue weighted by Gasteiger charge is -2.34. The zero-order valence-electron chi connectivity index (χ0n) is 13.5. The molecular weight excluding hydrogens is 307 g/mol. The van der Waals surface area contributed by atoms with E-state index in [2.05, 4.69) is 15.2 Å². The number of nitrogens with one attached hydrogen (secondary N) is 1. The minimum atomic E-state index is -0.292. The first-order valence-electron chi connectivity index (χ1n) is 8.10. The van der Waals surface area contributed by atoms with Gasteiger partial charge in [0.05, 0.1) is 0 Å². The lowest BCUT2D eigenvalue weighted by atomic mass is 10.2. The van der Waals surface area contributed by atoms with Crippen molar-refractivity contribution >= 4 is 6.03 Å². The normalized spacial score (nSPS) is 15.3. The number of carbonyl (C=O) groups excluding carboxylic acids is 1. The number of pyridine rings is 1. The van der Waals surface area contributed by atoms with Crippen LogP contribution in [0.4, 0.5) is 9.18 Å². The number of nitrogens with zero attached hydrogens (tertiary/aromatic N) is 3. The number of amides is 2. The van der Waals surface area contributed by atoms with Crippen LogP contribution in [-0.4, -0.2) is 47.0 Å². The first-order chi connectivity index (χ1) is 11.7. The zero-order chi connectivity index (χ0) is 16.8. The first-order valence-corrected chi connectivity index (χ1v) is 8.10. The number of hydrogen-bond donors (Lipinski definition) is 1. The molecule has 3 rings (SSSR count). The third-order valence-corrected chi connectivity index (χ3v) is 4.20. The summed E-state index contributed by atoms with van der Waals surface area (Å²) in [7, 11) is 0. The van der Waals surface area contributed by atoms with Gasteiger partial charge in [-0.2, -0.15) is 0 Å². The summed E-state index contributed by atoms with van der Waals surface area (Å²) < 4.78 is 13.6. The number of piperazine rings is 1. The van der Waals surface area contributed by atoms with Gasteiger partial charge in [0.15, 0.2) is 0 Å². The summed E-state index contributed by atoms with van der Waals surface area (Å²) in [5.41, 5.74) is 1.73. The zero-order valence-corrected chi connectivity index (χ0v) is 13.5. The van der Waals surface area contributed by atoms with Crippen molar-refractivity contribution in [2.75, 3.05) is 26.2 Å². The van der Waals surface area contributed by atoms with Crippen molar-refractivity contribution in [1.29, 1.82) is 0 Å². The predicted molar refractivity (Wildman–Crippen MR) is 89.7 cm³/mol. The van der Waals surface area contributed by atoms with Gasteiger partial charge in [0.25, 0.3) is 0 Å². The van der Waals surface area contributed by atoms with E-state index in [9.17, 15) is 9.18 Å². The number of carbonyl (C=O) groups is 1. The molecule has 5 nitrogen and oxygen atoms in total. The van der Waals surface area contributed by atoms with Crippen LogP contribution >= 0.6 is 0 Å². The Balaban J connectivity index is 1.44. The minimum absolute atomic E-state index is 0.137. The third kappa shape index (κ3) is 4.29. The van der Waals surface area contributed by atoms with Gasteiger partial charge in [-0.25, -0.2) is 9.18 Å².